The summed E-state index contributed by atoms with van der Waals surface area (Å²) < 4.78 is 2.16. The normalized spacial score (nSPS) is 10.3. The molecule has 0 aliphatic rings. The van der Waals surface area contributed by atoms with Crippen molar-refractivity contribution in [2.24, 2.45) is 12.2 Å². The minimum atomic E-state index is 0. The van der Waals surface area contributed by atoms with E-state index in [1.54, 1.807) is 11.3 Å². The van der Waals surface area contributed by atoms with Gasteiger partial charge in [-0.2, -0.15) is 4.57 Å². The van der Waals surface area contributed by atoms with Gasteiger partial charge < -0.3 is 28.9 Å². The first kappa shape index (κ1) is 21.0. The first-order valence-electron chi connectivity index (χ1n) is 8.17. The van der Waals surface area contributed by atoms with Gasteiger partial charge >= 0.3 is 0 Å². The third-order valence-electron chi connectivity index (χ3n) is 4.13. The van der Waals surface area contributed by atoms with Gasteiger partial charge in [-0.05, 0) is 41.4 Å². The minimum absolute atomic E-state index is 0. The standard InChI is InChI=1S/C20H20N5S.HI/c1-24(2)18-11-4-15(5-12-18)6-13-20-25(3)19(14-26-20)16-7-9-17(10-8-16)22-23-21;/h4-14H,1-3H3;1H/q+1;/p-1. The van der Waals surface area contributed by atoms with Crippen molar-refractivity contribution in [1.82, 2.24) is 0 Å². The highest BCUT2D eigenvalue weighted by atomic mass is 127. The fraction of sp³-hybridized carbons (Fsp3) is 0.150. The van der Waals surface area contributed by atoms with Crippen molar-refractivity contribution in [3.05, 3.63) is 74.9 Å². The first-order valence-corrected chi connectivity index (χ1v) is 9.05. The Morgan fingerprint density at radius 3 is 2.30 bits per heavy atom. The van der Waals surface area contributed by atoms with E-state index < -0.39 is 0 Å². The zero-order chi connectivity index (χ0) is 18.5. The Morgan fingerprint density at radius 1 is 1.04 bits per heavy atom. The molecule has 27 heavy (non-hydrogen) atoms. The lowest BCUT2D eigenvalue weighted by Crippen LogP contribution is -3.00. The first-order chi connectivity index (χ1) is 12.6. The van der Waals surface area contributed by atoms with Crippen molar-refractivity contribution in [3.8, 4) is 11.3 Å². The molecular weight excluding hydrogens is 469 g/mol. The second kappa shape index (κ2) is 9.55. The molecule has 0 aliphatic heterocycles. The third-order valence-corrected chi connectivity index (χ3v) is 5.13. The average molecular weight is 489 g/mol. The number of thiazole rings is 1. The summed E-state index contributed by atoms with van der Waals surface area (Å²) in [7, 11) is 6.14. The number of nitrogens with zero attached hydrogens (tertiary/aromatic N) is 5. The summed E-state index contributed by atoms with van der Waals surface area (Å²) in [5.41, 5.74) is 13.7. The Labute approximate surface area is 180 Å². The predicted molar refractivity (Wildman–Crippen MR) is 109 cm³/mol. The Bertz CT molecular complexity index is 969. The lowest BCUT2D eigenvalue weighted by atomic mass is 10.1. The SMILES string of the molecule is CN(C)c1ccc(/C=C/c2scc(-c3ccc(N=[N+]=[N-])cc3)[n+]2C)cc1.[I-]. The van der Waals surface area contributed by atoms with Gasteiger partial charge in [0, 0.05) is 42.0 Å². The maximum Gasteiger partial charge on any atom is 0.261 e. The van der Waals surface area contributed by atoms with E-state index >= 15 is 0 Å². The topological polar surface area (TPSA) is 55.9 Å². The van der Waals surface area contributed by atoms with Gasteiger partial charge in [0.05, 0.1) is 5.38 Å². The Morgan fingerprint density at radius 2 is 1.70 bits per heavy atom. The number of hydrogen-bond acceptors (Lipinski definition) is 3. The molecule has 0 amide bonds. The molecule has 138 valence electrons. The fourth-order valence-corrected chi connectivity index (χ4v) is 3.54. The molecule has 0 saturated heterocycles. The van der Waals surface area contributed by atoms with Crippen LogP contribution in [0, 0.1) is 0 Å². The molecule has 0 unspecified atom stereocenters. The van der Waals surface area contributed by atoms with Gasteiger partial charge in [0.1, 0.15) is 7.05 Å². The highest BCUT2D eigenvalue weighted by Crippen LogP contribution is 2.24. The van der Waals surface area contributed by atoms with E-state index in [0.717, 1.165) is 16.3 Å². The van der Waals surface area contributed by atoms with Crippen LogP contribution in [0.5, 0.6) is 0 Å². The number of anilines is 1. The Balaban J connectivity index is 0.00000261. The van der Waals surface area contributed by atoms with E-state index in [0.29, 0.717) is 5.69 Å². The van der Waals surface area contributed by atoms with Crippen LogP contribution in [0.25, 0.3) is 33.9 Å². The molecule has 0 N–H and O–H groups in total. The molecule has 0 spiro atoms. The van der Waals surface area contributed by atoms with Gasteiger partial charge in [-0.15, -0.1) is 0 Å². The fourth-order valence-electron chi connectivity index (χ4n) is 2.61. The summed E-state index contributed by atoms with van der Waals surface area (Å²) in [5.74, 6) is 0. The number of halogens is 1. The molecule has 0 aliphatic carbocycles. The maximum absolute atomic E-state index is 8.49. The van der Waals surface area contributed by atoms with Crippen molar-refractivity contribution in [2.45, 2.75) is 0 Å². The van der Waals surface area contributed by atoms with E-state index in [9.17, 15) is 0 Å². The molecule has 1 heterocycles. The summed E-state index contributed by atoms with van der Waals surface area (Å²) in [6, 6.07) is 16.1. The van der Waals surface area contributed by atoms with Crippen LogP contribution in [0.4, 0.5) is 11.4 Å². The van der Waals surface area contributed by atoms with Crippen LogP contribution in [-0.4, -0.2) is 14.1 Å². The second-order valence-electron chi connectivity index (χ2n) is 6.07. The van der Waals surface area contributed by atoms with Crippen LogP contribution in [0.1, 0.15) is 10.6 Å². The quantitative estimate of drug-likeness (QED) is 0.179. The van der Waals surface area contributed by atoms with Gasteiger partial charge in [-0.1, -0.05) is 40.7 Å². The van der Waals surface area contributed by atoms with Crippen molar-refractivity contribution in [2.75, 3.05) is 19.0 Å². The molecule has 0 radical (unpaired) electrons. The van der Waals surface area contributed by atoms with Gasteiger partial charge in [0.2, 0.25) is 5.69 Å². The number of hydrogen-bond donors (Lipinski definition) is 0. The summed E-state index contributed by atoms with van der Waals surface area (Å²) in [4.78, 5) is 4.90. The summed E-state index contributed by atoms with van der Waals surface area (Å²) in [6.07, 6.45) is 4.26. The zero-order valence-corrected chi connectivity index (χ0v) is 18.3. The molecule has 3 aromatic rings. The molecule has 3 rings (SSSR count). The molecule has 2 aromatic carbocycles. The molecule has 0 bridgehead atoms. The van der Waals surface area contributed by atoms with Crippen LogP contribution in [0.3, 0.4) is 0 Å². The molecule has 5 nitrogen and oxygen atoms in total. The highest BCUT2D eigenvalue weighted by Gasteiger charge is 2.15. The van der Waals surface area contributed by atoms with E-state index in [1.807, 2.05) is 38.4 Å². The number of rotatable bonds is 5. The third kappa shape index (κ3) is 5.09. The van der Waals surface area contributed by atoms with Crippen molar-refractivity contribution in [3.63, 3.8) is 0 Å². The summed E-state index contributed by atoms with van der Waals surface area (Å²) >= 11 is 1.70. The van der Waals surface area contributed by atoms with Crippen LogP contribution in [0.2, 0.25) is 0 Å². The van der Waals surface area contributed by atoms with Crippen LogP contribution >= 0.6 is 11.3 Å². The molecule has 0 fully saturated rings. The largest absolute Gasteiger partial charge is 1.00 e. The number of aromatic nitrogens is 1. The smallest absolute Gasteiger partial charge is 0.261 e. The summed E-state index contributed by atoms with van der Waals surface area (Å²) in [6.45, 7) is 0. The van der Waals surface area contributed by atoms with Crippen molar-refractivity contribution < 1.29 is 28.5 Å². The maximum atomic E-state index is 8.49. The lowest BCUT2D eigenvalue weighted by Gasteiger charge is -2.11. The lowest BCUT2D eigenvalue weighted by molar-refractivity contribution is -0.657. The van der Waals surface area contributed by atoms with E-state index in [-0.39, 0.29) is 24.0 Å². The zero-order valence-electron chi connectivity index (χ0n) is 15.4. The molecular formula is C20H20IN5S. The Hall–Kier alpha value is -2.35. The van der Waals surface area contributed by atoms with Gasteiger partial charge in [-0.25, -0.2) is 0 Å². The Kier molecular flexibility index (Phi) is 7.41. The van der Waals surface area contributed by atoms with Gasteiger partial charge in [-0.3, -0.25) is 0 Å². The molecule has 0 saturated carbocycles. The number of azide groups is 1. The molecule has 7 heteroatoms. The highest BCUT2D eigenvalue weighted by molar-refractivity contribution is 7.10. The molecule has 1 aromatic heterocycles. The molecule has 0 atom stereocenters. The van der Waals surface area contributed by atoms with Crippen molar-refractivity contribution in [1.29, 1.82) is 0 Å². The van der Waals surface area contributed by atoms with E-state index in [1.165, 1.54) is 11.3 Å². The predicted octanol–water partition coefficient (Wildman–Crippen LogP) is 2.42. The minimum Gasteiger partial charge on any atom is -1.00 e. The monoisotopic (exact) mass is 489 g/mol. The van der Waals surface area contributed by atoms with Gasteiger partial charge in [0.15, 0.2) is 0 Å². The van der Waals surface area contributed by atoms with Crippen LogP contribution in [-0.2, 0) is 7.05 Å². The van der Waals surface area contributed by atoms with E-state index in [4.69, 9.17) is 5.53 Å². The van der Waals surface area contributed by atoms with Crippen LogP contribution < -0.4 is 33.4 Å². The van der Waals surface area contributed by atoms with Gasteiger partial charge in [0.25, 0.3) is 5.01 Å². The number of benzene rings is 2. The second-order valence-corrected chi connectivity index (χ2v) is 6.96. The van der Waals surface area contributed by atoms with Crippen LogP contribution in [0.15, 0.2) is 59.0 Å². The van der Waals surface area contributed by atoms with Crippen molar-refractivity contribution >= 4 is 34.9 Å². The summed E-state index contributed by atoms with van der Waals surface area (Å²) in [5, 5.41) is 6.91. The average Bonchev–Trinajstić information content (AvgIpc) is 3.02. The van der Waals surface area contributed by atoms with E-state index in [2.05, 4.69) is 68.3 Å².